The Morgan fingerprint density at radius 2 is 0.520 bits per heavy atom. The molecular weight excluding hydrogens is 925 g/mol. The average Bonchev–Trinajstić information content (AvgIpc) is 3.41. The summed E-state index contributed by atoms with van der Waals surface area (Å²) in [5.41, 5.74) is 0. The summed E-state index contributed by atoms with van der Waals surface area (Å²) in [6, 6.07) is 0. The minimum atomic E-state index is -0.778. The normalized spacial score (nSPS) is 12.8. The maximum absolute atomic E-state index is 12.8. The summed E-state index contributed by atoms with van der Waals surface area (Å²) < 4.78 is 16.8. The van der Waals surface area contributed by atoms with Gasteiger partial charge in [0.25, 0.3) is 0 Å². The van der Waals surface area contributed by atoms with E-state index < -0.39 is 6.10 Å². The van der Waals surface area contributed by atoms with Gasteiger partial charge >= 0.3 is 17.9 Å². The monoisotopic (exact) mass is 1040 g/mol. The van der Waals surface area contributed by atoms with Crippen molar-refractivity contribution in [3.8, 4) is 0 Å². The van der Waals surface area contributed by atoms with E-state index in [0.29, 0.717) is 19.3 Å². The molecule has 0 amide bonds. The zero-order valence-electron chi connectivity index (χ0n) is 49.0. The number of allylic oxidation sites excluding steroid dienone is 18. The highest BCUT2D eigenvalue weighted by atomic mass is 16.6. The lowest BCUT2D eigenvalue weighted by Gasteiger charge is -2.18. The minimum absolute atomic E-state index is 0.0778. The van der Waals surface area contributed by atoms with Gasteiger partial charge in [-0.1, -0.05) is 291 Å². The van der Waals surface area contributed by atoms with Gasteiger partial charge in [0.15, 0.2) is 6.10 Å². The number of hydrogen-bond donors (Lipinski definition) is 0. The van der Waals surface area contributed by atoms with Gasteiger partial charge in [-0.3, -0.25) is 14.4 Å². The fraction of sp³-hybridized carbons (Fsp3) is 0.696. The first-order valence-electron chi connectivity index (χ1n) is 31.4. The van der Waals surface area contributed by atoms with E-state index in [4.69, 9.17) is 14.2 Å². The van der Waals surface area contributed by atoms with Gasteiger partial charge in [-0.25, -0.2) is 0 Å². The van der Waals surface area contributed by atoms with E-state index in [1.54, 1.807) is 0 Å². The van der Waals surface area contributed by atoms with Crippen LogP contribution in [0.4, 0.5) is 0 Å². The van der Waals surface area contributed by atoms with Crippen LogP contribution in [0.25, 0.3) is 0 Å². The van der Waals surface area contributed by atoms with Crippen molar-refractivity contribution in [2.45, 2.75) is 297 Å². The second-order valence-corrected chi connectivity index (χ2v) is 20.6. The fourth-order valence-electron chi connectivity index (χ4n) is 8.61. The highest BCUT2D eigenvalue weighted by Crippen LogP contribution is 2.16. The first-order chi connectivity index (χ1) is 37.0. The SMILES string of the molecule is CC/C=C\C/C=C\C/C=C\C/C=C\C/C=C\C/C=C\C/C=C\C/C=C\C/C=C\CCCCCCCCCC(=O)OCC(COC(=O)CCCCCCCCCC)OC(=O)CCCCCCCCCCCCCCCC. The summed E-state index contributed by atoms with van der Waals surface area (Å²) in [5.74, 6) is -0.887. The standard InChI is InChI=1S/C69H116O6/c1-4-7-10-13-16-19-21-23-25-26-27-28-29-30-31-32-33-34-35-36-37-38-39-40-41-42-43-44-45-47-48-50-53-56-59-62-68(71)74-65-66(64-73-67(70)61-58-55-52-18-15-12-9-6-3)75-69(72)63-60-57-54-51-49-46-24-22-20-17-14-11-8-5-2/h7,10,16,19,23,25,27-28,30-31,33-34,36-37,39-40,42-43,66H,4-6,8-9,11-15,17-18,20-22,24,26,29,32,35,38,41,44-65H2,1-3H3/b10-7-,19-16-,25-23-,28-27-,31-30-,34-33-,37-36-,40-39-,43-42-. The molecule has 6 heteroatoms. The van der Waals surface area contributed by atoms with Crippen LogP contribution in [-0.4, -0.2) is 37.2 Å². The summed E-state index contributed by atoms with van der Waals surface area (Å²) in [5, 5.41) is 0. The molecule has 0 heterocycles. The molecule has 0 saturated heterocycles. The number of unbranched alkanes of at least 4 members (excludes halogenated alkanes) is 27. The van der Waals surface area contributed by atoms with Crippen LogP contribution in [0.1, 0.15) is 290 Å². The number of ether oxygens (including phenoxy) is 3. The molecule has 0 spiro atoms. The molecule has 0 radical (unpaired) electrons. The van der Waals surface area contributed by atoms with Crippen LogP contribution in [-0.2, 0) is 28.6 Å². The molecule has 0 aliphatic rings. The van der Waals surface area contributed by atoms with Crippen LogP contribution in [0.5, 0.6) is 0 Å². The van der Waals surface area contributed by atoms with Crippen LogP contribution < -0.4 is 0 Å². The zero-order chi connectivity index (χ0) is 54.3. The van der Waals surface area contributed by atoms with E-state index >= 15 is 0 Å². The van der Waals surface area contributed by atoms with Crippen molar-refractivity contribution >= 4 is 17.9 Å². The van der Waals surface area contributed by atoms with Gasteiger partial charge in [0.05, 0.1) is 0 Å². The lowest BCUT2D eigenvalue weighted by molar-refractivity contribution is -0.167. The van der Waals surface area contributed by atoms with Gasteiger partial charge in [-0.2, -0.15) is 0 Å². The Hall–Kier alpha value is -3.93. The largest absolute Gasteiger partial charge is 0.462 e. The van der Waals surface area contributed by atoms with Crippen molar-refractivity contribution in [3.63, 3.8) is 0 Å². The summed E-state index contributed by atoms with van der Waals surface area (Å²) in [4.78, 5) is 38.0. The van der Waals surface area contributed by atoms with Crippen molar-refractivity contribution in [1.82, 2.24) is 0 Å². The summed E-state index contributed by atoms with van der Waals surface area (Å²) in [7, 11) is 0. The van der Waals surface area contributed by atoms with E-state index in [1.165, 1.54) is 128 Å². The van der Waals surface area contributed by atoms with Crippen molar-refractivity contribution in [2.24, 2.45) is 0 Å². The molecule has 75 heavy (non-hydrogen) atoms. The number of hydrogen-bond acceptors (Lipinski definition) is 6. The van der Waals surface area contributed by atoms with E-state index in [2.05, 4.69) is 130 Å². The quantitative estimate of drug-likeness (QED) is 0.0261. The Morgan fingerprint density at radius 3 is 0.813 bits per heavy atom. The van der Waals surface area contributed by atoms with E-state index in [1.807, 2.05) is 0 Å². The molecule has 0 aliphatic heterocycles. The Morgan fingerprint density at radius 1 is 0.280 bits per heavy atom. The molecule has 0 N–H and O–H groups in total. The van der Waals surface area contributed by atoms with Crippen LogP contribution in [0.3, 0.4) is 0 Å². The van der Waals surface area contributed by atoms with Crippen LogP contribution in [0, 0.1) is 0 Å². The lowest BCUT2D eigenvalue weighted by atomic mass is 10.0. The van der Waals surface area contributed by atoms with Crippen LogP contribution in [0.15, 0.2) is 109 Å². The van der Waals surface area contributed by atoms with E-state index in [-0.39, 0.29) is 31.1 Å². The van der Waals surface area contributed by atoms with Gasteiger partial charge in [-0.05, 0) is 89.9 Å². The third kappa shape index (κ3) is 60.8. The molecule has 1 atom stereocenters. The smallest absolute Gasteiger partial charge is 0.306 e. The number of esters is 3. The molecule has 0 fully saturated rings. The average molecular weight is 1040 g/mol. The van der Waals surface area contributed by atoms with Gasteiger partial charge in [0.2, 0.25) is 0 Å². The minimum Gasteiger partial charge on any atom is -0.462 e. The number of carbonyl (C=O) groups is 3. The maximum Gasteiger partial charge on any atom is 0.306 e. The molecule has 0 aromatic carbocycles. The highest BCUT2D eigenvalue weighted by Gasteiger charge is 2.19. The summed E-state index contributed by atoms with van der Waals surface area (Å²) >= 11 is 0. The molecule has 1 unspecified atom stereocenters. The third-order valence-electron chi connectivity index (χ3n) is 13.3. The second-order valence-electron chi connectivity index (χ2n) is 20.6. The topological polar surface area (TPSA) is 78.9 Å². The van der Waals surface area contributed by atoms with Gasteiger partial charge in [0, 0.05) is 19.3 Å². The van der Waals surface area contributed by atoms with Gasteiger partial charge in [0.1, 0.15) is 13.2 Å². The Labute approximate surface area is 463 Å². The van der Waals surface area contributed by atoms with E-state index in [9.17, 15) is 14.4 Å². The first-order valence-corrected chi connectivity index (χ1v) is 31.4. The van der Waals surface area contributed by atoms with Gasteiger partial charge < -0.3 is 14.2 Å². The molecule has 0 rings (SSSR count). The molecule has 0 aromatic rings. The molecule has 0 bridgehead atoms. The summed E-state index contributed by atoms with van der Waals surface area (Å²) in [6.07, 6.45) is 85.4. The van der Waals surface area contributed by atoms with Crippen LogP contribution >= 0.6 is 0 Å². The fourth-order valence-corrected chi connectivity index (χ4v) is 8.61. The Bertz CT molecular complexity index is 1520. The number of carbonyl (C=O) groups excluding carboxylic acids is 3. The molecule has 428 valence electrons. The van der Waals surface area contributed by atoms with Crippen molar-refractivity contribution in [1.29, 1.82) is 0 Å². The Balaban J connectivity index is 4.14. The molecule has 6 nitrogen and oxygen atoms in total. The second kappa shape index (κ2) is 62.6. The number of rotatable bonds is 56. The van der Waals surface area contributed by atoms with Crippen molar-refractivity contribution in [2.75, 3.05) is 13.2 Å². The highest BCUT2D eigenvalue weighted by molar-refractivity contribution is 5.71. The predicted molar refractivity (Wildman–Crippen MR) is 325 cm³/mol. The molecule has 0 aromatic heterocycles. The zero-order valence-corrected chi connectivity index (χ0v) is 49.0. The predicted octanol–water partition coefficient (Wildman–Crippen LogP) is 21.4. The molecule has 0 aliphatic carbocycles. The maximum atomic E-state index is 12.8. The summed E-state index contributed by atoms with van der Waals surface area (Å²) in [6.45, 7) is 6.50. The van der Waals surface area contributed by atoms with E-state index in [0.717, 1.165) is 122 Å². The lowest BCUT2D eigenvalue weighted by Crippen LogP contribution is -2.30. The van der Waals surface area contributed by atoms with Gasteiger partial charge in [-0.15, -0.1) is 0 Å². The van der Waals surface area contributed by atoms with Crippen LogP contribution in [0.2, 0.25) is 0 Å². The third-order valence-corrected chi connectivity index (χ3v) is 13.3. The van der Waals surface area contributed by atoms with Crippen molar-refractivity contribution < 1.29 is 28.6 Å². The van der Waals surface area contributed by atoms with Crippen molar-refractivity contribution in [3.05, 3.63) is 109 Å². The molecular formula is C69H116O6. The Kier molecular flexibility index (Phi) is 59.3. The molecule has 0 saturated carbocycles. The first kappa shape index (κ1) is 71.1.